The molecule has 1 heterocycles. The molecule has 0 aliphatic carbocycles. The zero-order valence-corrected chi connectivity index (χ0v) is 16.2. The van der Waals surface area contributed by atoms with Crippen LogP contribution in [-0.4, -0.2) is 30.3 Å². The SMILES string of the molecule is COC(=O)C(C)(C)C(O)c1c(-c2ccc(OC)cc2F)cc(Cl)nc1Cl. The van der Waals surface area contributed by atoms with Gasteiger partial charge in [0, 0.05) is 17.2 Å². The van der Waals surface area contributed by atoms with E-state index in [-0.39, 0.29) is 27.0 Å². The van der Waals surface area contributed by atoms with E-state index in [0.29, 0.717) is 5.75 Å². The standard InChI is InChI=1S/C18H18Cl2FNO4/c1-18(2,17(24)26-4)15(23)14-11(8-13(19)22-16(14)20)10-6-5-9(25-3)7-12(10)21/h5-8,15,23H,1-4H3. The second-order valence-corrected chi connectivity index (χ2v) is 6.90. The van der Waals surface area contributed by atoms with E-state index < -0.39 is 23.3 Å². The van der Waals surface area contributed by atoms with Crippen LogP contribution in [0, 0.1) is 11.2 Å². The van der Waals surface area contributed by atoms with Gasteiger partial charge in [0.2, 0.25) is 0 Å². The Morgan fingerprint density at radius 3 is 2.42 bits per heavy atom. The molecule has 5 nitrogen and oxygen atoms in total. The molecule has 1 atom stereocenters. The van der Waals surface area contributed by atoms with Gasteiger partial charge in [-0.25, -0.2) is 9.37 Å². The van der Waals surface area contributed by atoms with E-state index in [9.17, 15) is 14.3 Å². The van der Waals surface area contributed by atoms with E-state index in [0.717, 1.165) is 0 Å². The molecule has 0 amide bonds. The lowest BCUT2D eigenvalue weighted by atomic mass is 9.80. The van der Waals surface area contributed by atoms with E-state index in [2.05, 4.69) is 4.98 Å². The Labute approximate surface area is 160 Å². The molecule has 0 saturated carbocycles. The van der Waals surface area contributed by atoms with Crippen LogP contribution in [0.5, 0.6) is 5.75 Å². The van der Waals surface area contributed by atoms with Crippen LogP contribution in [0.1, 0.15) is 25.5 Å². The molecule has 1 aromatic heterocycles. The van der Waals surface area contributed by atoms with Crippen LogP contribution >= 0.6 is 23.2 Å². The number of esters is 1. The van der Waals surface area contributed by atoms with E-state index in [4.69, 9.17) is 32.7 Å². The normalized spacial score (nSPS) is 12.6. The topological polar surface area (TPSA) is 68.7 Å². The third kappa shape index (κ3) is 3.77. The Bertz CT molecular complexity index is 842. The van der Waals surface area contributed by atoms with Crippen LogP contribution in [0.25, 0.3) is 11.1 Å². The molecule has 140 valence electrons. The number of halogens is 3. The zero-order valence-electron chi connectivity index (χ0n) is 14.6. The number of aromatic nitrogens is 1. The first-order valence-corrected chi connectivity index (χ1v) is 8.35. The van der Waals surface area contributed by atoms with Gasteiger partial charge in [-0.15, -0.1) is 0 Å². The van der Waals surface area contributed by atoms with Crippen molar-refractivity contribution in [3.05, 3.63) is 46.0 Å². The second kappa shape index (κ2) is 7.78. The van der Waals surface area contributed by atoms with E-state index in [1.807, 2.05) is 0 Å². The third-order valence-corrected chi connectivity index (χ3v) is 4.60. The Kier molecular flexibility index (Phi) is 6.11. The predicted molar refractivity (Wildman–Crippen MR) is 97.0 cm³/mol. The molecule has 0 bridgehead atoms. The highest BCUT2D eigenvalue weighted by molar-refractivity contribution is 6.33. The fraction of sp³-hybridized carbons (Fsp3) is 0.333. The molecular formula is C18H18Cl2FNO4. The summed E-state index contributed by atoms with van der Waals surface area (Å²) in [6.07, 6.45) is -1.41. The van der Waals surface area contributed by atoms with Gasteiger partial charge in [0.25, 0.3) is 0 Å². The number of nitrogens with zero attached hydrogens (tertiary/aromatic N) is 1. The number of pyridine rings is 1. The van der Waals surface area contributed by atoms with Crippen molar-refractivity contribution >= 4 is 29.2 Å². The molecule has 26 heavy (non-hydrogen) atoms. The van der Waals surface area contributed by atoms with Crippen molar-refractivity contribution in [2.24, 2.45) is 5.41 Å². The number of aliphatic hydroxyl groups excluding tert-OH is 1. The van der Waals surface area contributed by atoms with Crippen molar-refractivity contribution in [3.8, 4) is 16.9 Å². The van der Waals surface area contributed by atoms with Crippen LogP contribution in [0.2, 0.25) is 10.3 Å². The number of methoxy groups -OCH3 is 2. The Hall–Kier alpha value is -1.89. The van der Waals surface area contributed by atoms with Gasteiger partial charge in [0.1, 0.15) is 21.9 Å². The maximum absolute atomic E-state index is 14.6. The number of benzene rings is 1. The monoisotopic (exact) mass is 401 g/mol. The smallest absolute Gasteiger partial charge is 0.314 e. The number of rotatable bonds is 5. The summed E-state index contributed by atoms with van der Waals surface area (Å²) in [5, 5.41) is 10.7. The molecule has 0 aliphatic rings. The van der Waals surface area contributed by atoms with Crippen LogP contribution in [-0.2, 0) is 9.53 Å². The fourth-order valence-electron chi connectivity index (χ4n) is 2.55. The van der Waals surface area contributed by atoms with Crippen LogP contribution in [0.15, 0.2) is 24.3 Å². The van der Waals surface area contributed by atoms with Gasteiger partial charge in [-0.2, -0.15) is 0 Å². The van der Waals surface area contributed by atoms with E-state index in [1.54, 1.807) is 6.07 Å². The summed E-state index contributed by atoms with van der Waals surface area (Å²) in [6, 6.07) is 5.60. The number of carbonyl (C=O) groups excluding carboxylic acids is 1. The number of hydrogen-bond acceptors (Lipinski definition) is 5. The lowest BCUT2D eigenvalue weighted by Gasteiger charge is -2.29. The first kappa shape index (κ1) is 20.4. The van der Waals surface area contributed by atoms with Crippen molar-refractivity contribution < 1.29 is 23.8 Å². The molecule has 2 aromatic rings. The molecule has 2 rings (SSSR count). The van der Waals surface area contributed by atoms with Gasteiger partial charge in [0.05, 0.1) is 25.7 Å². The highest BCUT2D eigenvalue weighted by atomic mass is 35.5. The first-order chi connectivity index (χ1) is 12.1. The summed E-state index contributed by atoms with van der Waals surface area (Å²) in [7, 11) is 2.63. The number of hydrogen-bond donors (Lipinski definition) is 1. The summed E-state index contributed by atoms with van der Waals surface area (Å²) in [6.45, 7) is 2.98. The molecular weight excluding hydrogens is 384 g/mol. The maximum atomic E-state index is 14.6. The summed E-state index contributed by atoms with van der Waals surface area (Å²) in [5.74, 6) is -0.932. The van der Waals surface area contributed by atoms with Crippen molar-refractivity contribution in [1.29, 1.82) is 0 Å². The molecule has 1 N–H and O–H groups in total. The van der Waals surface area contributed by atoms with E-state index in [1.165, 1.54) is 46.3 Å². The third-order valence-electron chi connectivity index (χ3n) is 4.12. The summed E-state index contributed by atoms with van der Waals surface area (Å²) in [5.41, 5.74) is -0.923. The summed E-state index contributed by atoms with van der Waals surface area (Å²) >= 11 is 12.2. The second-order valence-electron chi connectivity index (χ2n) is 6.16. The molecule has 0 saturated heterocycles. The van der Waals surface area contributed by atoms with Crippen molar-refractivity contribution in [2.75, 3.05) is 14.2 Å². The largest absolute Gasteiger partial charge is 0.497 e. The van der Waals surface area contributed by atoms with Crippen LogP contribution in [0.3, 0.4) is 0 Å². The predicted octanol–water partition coefficient (Wildman–Crippen LogP) is 4.44. The van der Waals surface area contributed by atoms with Crippen LogP contribution < -0.4 is 4.74 Å². The summed E-state index contributed by atoms with van der Waals surface area (Å²) in [4.78, 5) is 16.0. The number of carbonyl (C=O) groups is 1. The van der Waals surface area contributed by atoms with Gasteiger partial charge >= 0.3 is 5.97 Å². The molecule has 8 heteroatoms. The first-order valence-electron chi connectivity index (χ1n) is 7.59. The highest BCUT2D eigenvalue weighted by Crippen LogP contribution is 2.43. The molecule has 0 spiro atoms. The lowest BCUT2D eigenvalue weighted by molar-refractivity contribution is -0.157. The molecule has 1 aromatic carbocycles. The Balaban J connectivity index is 2.71. The van der Waals surface area contributed by atoms with Gasteiger partial charge in [-0.1, -0.05) is 23.2 Å². The summed E-state index contributed by atoms with van der Waals surface area (Å²) < 4.78 is 24.3. The van der Waals surface area contributed by atoms with Crippen molar-refractivity contribution in [1.82, 2.24) is 4.98 Å². The van der Waals surface area contributed by atoms with Crippen molar-refractivity contribution in [3.63, 3.8) is 0 Å². The number of ether oxygens (including phenoxy) is 2. The number of aliphatic hydroxyl groups is 1. The lowest BCUT2D eigenvalue weighted by Crippen LogP contribution is -2.33. The average Bonchev–Trinajstić information content (AvgIpc) is 2.59. The van der Waals surface area contributed by atoms with Crippen LogP contribution in [0.4, 0.5) is 4.39 Å². The zero-order chi connectivity index (χ0) is 19.6. The van der Waals surface area contributed by atoms with Gasteiger partial charge in [-0.3, -0.25) is 4.79 Å². The average molecular weight is 402 g/mol. The fourth-order valence-corrected chi connectivity index (χ4v) is 3.09. The molecule has 1 unspecified atom stereocenters. The van der Waals surface area contributed by atoms with E-state index >= 15 is 0 Å². The Morgan fingerprint density at radius 1 is 1.23 bits per heavy atom. The molecule has 0 aliphatic heterocycles. The van der Waals surface area contributed by atoms with Crippen molar-refractivity contribution in [2.45, 2.75) is 20.0 Å². The Morgan fingerprint density at radius 2 is 1.88 bits per heavy atom. The highest BCUT2D eigenvalue weighted by Gasteiger charge is 2.40. The maximum Gasteiger partial charge on any atom is 0.314 e. The quantitative estimate of drug-likeness (QED) is 0.592. The van der Waals surface area contributed by atoms with Gasteiger partial charge in [0.15, 0.2) is 0 Å². The minimum atomic E-state index is -1.41. The minimum Gasteiger partial charge on any atom is -0.497 e. The molecule has 0 radical (unpaired) electrons. The van der Waals surface area contributed by atoms with Gasteiger partial charge < -0.3 is 14.6 Å². The van der Waals surface area contributed by atoms with Gasteiger partial charge in [-0.05, 0) is 37.6 Å². The molecule has 0 fully saturated rings. The minimum absolute atomic E-state index is 0.0204.